The van der Waals surface area contributed by atoms with E-state index in [9.17, 15) is 22.8 Å². The molecular weight excluding hydrogens is 441 g/mol. The van der Waals surface area contributed by atoms with Gasteiger partial charge in [-0.3, -0.25) is 14.9 Å². The molecule has 0 aliphatic carbocycles. The number of carbonyl (C=O) groups is 1. The molecule has 2 aromatic carbocycles. The Balaban J connectivity index is 1.67. The van der Waals surface area contributed by atoms with E-state index in [1.807, 2.05) is 0 Å². The standard InChI is InChI=1S/C22H17F3N4O2S/c1-12(2)29-20(31)16-9-4-3-8-15(16)18(28-29)19(30)27-21-26-17(11-32-21)13-6-5-7-14(10-13)22(23,24)25/h3-12H,1-2H3,(H,26,27,30). The van der Waals surface area contributed by atoms with E-state index in [1.165, 1.54) is 16.8 Å². The largest absolute Gasteiger partial charge is 0.416 e. The Labute approximate surface area is 184 Å². The number of anilines is 1. The van der Waals surface area contributed by atoms with Crippen molar-refractivity contribution < 1.29 is 18.0 Å². The van der Waals surface area contributed by atoms with Gasteiger partial charge >= 0.3 is 6.18 Å². The summed E-state index contributed by atoms with van der Waals surface area (Å²) in [4.78, 5) is 29.9. The molecule has 1 N–H and O–H groups in total. The SMILES string of the molecule is CC(C)n1nc(C(=O)Nc2nc(-c3cccc(C(F)(F)F)c3)cs2)c2ccccc2c1=O. The highest BCUT2D eigenvalue weighted by atomic mass is 32.1. The number of alkyl halides is 3. The number of benzene rings is 2. The lowest BCUT2D eigenvalue weighted by Gasteiger charge is -2.12. The summed E-state index contributed by atoms with van der Waals surface area (Å²) in [5, 5.41) is 9.42. The Morgan fingerprint density at radius 1 is 1.09 bits per heavy atom. The lowest BCUT2D eigenvalue weighted by atomic mass is 10.1. The maximum absolute atomic E-state index is 13.0. The van der Waals surface area contributed by atoms with Crippen LogP contribution in [0.25, 0.3) is 22.0 Å². The predicted octanol–water partition coefficient (Wildman–Crippen LogP) is 5.37. The number of thiazole rings is 1. The molecule has 1 amide bonds. The first kappa shape index (κ1) is 21.7. The molecule has 10 heteroatoms. The summed E-state index contributed by atoms with van der Waals surface area (Å²) in [6, 6.07) is 11.2. The van der Waals surface area contributed by atoms with Crippen LogP contribution in [0, 0.1) is 0 Å². The fraction of sp³-hybridized carbons (Fsp3) is 0.182. The zero-order valence-electron chi connectivity index (χ0n) is 17.0. The first-order chi connectivity index (χ1) is 15.1. The molecule has 0 aliphatic rings. The van der Waals surface area contributed by atoms with E-state index < -0.39 is 17.6 Å². The van der Waals surface area contributed by atoms with E-state index in [2.05, 4.69) is 15.4 Å². The highest BCUT2D eigenvalue weighted by Crippen LogP contribution is 2.33. The van der Waals surface area contributed by atoms with E-state index >= 15 is 0 Å². The summed E-state index contributed by atoms with van der Waals surface area (Å²) in [5.74, 6) is -0.569. The van der Waals surface area contributed by atoms with Gasteiger partial charge in [-0.15, -0.1) is 11.3 Å². The Morgan fingerprint density at radius 3 is 2.50 bits per heavy atom. The van der Waals surface area contributed by atoms with Gasteiger partial charge in [0.25, 0.3) is 11.5 Å². The minimum absolute atomic E-state index is 0.0599. The zero-order chi connectivity index (χ0) is 23.0. The monoisotopic (exact) mass is 458 g/mol. The predicted molar refractivity (Wildman–Crippen MR) is 117 cm³/mol. The van der Waals surface area contributed by atoms with Crippen molar-refractivity contribution in [2.24, 2.45) is 0 Å². The van der Waals surface area contributed by atoms with Crippen LogP contribution in [0.15, 0.2) is 58.7 Å². The molecule has 0 saturated heterocycles. The number of fused-ring (bicyclic) bond motifs is 1. The molecule has 6 nitrogen and oxygen atoms in total. The molecule has 4 aromatic rings. The highest BCUT2D eigenvalue weighted by molar-refractivity contribution is 7.14. The van der Waals surface area contributed by atoms with Gasteiger partial charge in [0.2, 0.25) is 0 Å². The molecule has 164 valence electrons. The van der Waals surface area contributed by atoms with E-state index in [-0.39, 0.29) is 28.0 Å². The molecule has 0 spiro atoms. The van der Waals surface area contributed by atoms with Crippen molar-refractivity contribution in [2.75, 3.05) is 5.32 Å². The van der Waals surface area contributed by atoms with Gasteiger partial charge in [0.1, 0.15) is 0 Å². The van der Waals surface area contributed by atoms with Gasteiger partial charge in [-0.1, -0.05) is 30.3 Å². The molecule has 0 bridgehead atoms. The van der Waals surface area contributed by atoms with Crippen molar-refractivity contribution in [2.45, 2.75) is 26.1 Å². The van der Waals surface area contributed by atoms with E-state index in [0.717, 1.165) is 23.5 Å². The second-order valence-corrected chi connectivity index (χ2v) is 8.17. The van der Waals surface area contributed by atoms with Crippen LogP contribution < -0.4 is 10.9 Å². The fourth-order valence-electron chi connectivity index (χ4n) is 3.20. The molecule has 0 unspecified atom stereocenters. The number of carbonyl (C=O) groups excluding carboxylic acids is 1. The summed E-state index contributed by atoms with van der Waals surface area (Å²) in [6.07, 6.45) is -4.46. The third kappa shape index (κ3) is 4.13. The van der Waals surface area contributed by atoms with Gasteiger partial charge in [-0.2, -0.15) is 18.3 Å². The quantitative estimate of drug-likeness (QED) is 0.446. The fourth-order valence-corrected chi connectivity index (χ4v) is 3.91. The number of aromatic nitrogens is 3. The van der Waals surface area contributed by atoms with Crippen LogP contribution in [0.3, 0.4) is 0 Å². The molecule has 0 aliphatic heterocycles. The Morgan fingerprint density at radius 2 is 1.81 bits per heavy atom. The van der Waals surface area contributed by atoms with Crippen molar-refractivity contribution in [3.05, 3.63) is 75.5 Å². The van der Waals surface area contributed by atoms with E-state index in [0.29, 0.717) is 16.5 Å². The number of amides is 1. The molecule has 2 heterocycles. The van der Waals surface area contributed by atoms with Crippen molar-refractivity contribution >= 4 is 33.1 Å². The average Bonchev–Trinajstić information content (AvgIpc) is 3.22. The minimum Gasteiger partial charge on any atom is -0.296 e. The van der Waals surface area contributed by atoms with Gasteiger partial charge in [-0.05, 0) is 32.0 Å². The number of nitrogens with one attached hydrogen (secondary N) is 1. The lowest BCUT2D eigenvalue weighted by molar-refractivity contribution is -0.137. The average molecular weight is 458 g/mol. The molecule has 2 aromatic heterocycles. The molecule has 4 rings (SSSR count). The van der Waals surface area contributed by atoms with Crippen molar-refractivity contribution in [1.29, 1.82) is 0 Å². The first-order valence-electron chi connectivity index (χ1n) is 9.61. The molecule has 0 radical (unpaired) electrons. The highest BCUT2D eigenvalue weighted by Gasteiger charge is 2.30. The van der Waals surface area contributed by atoms with E-state index in [1.54, 1.807) is 43.5 Å². The van der Waals surface area contributed by atoms with Gasteiger partial charge in [-0.25, -0.2) is 9.67 Å². The Kier molecular flexibility index (Phi) is 5.55. The number of hydrogen-bond acceptors (Lipinski definition) is 5. The Bertz CT molecular complexity index is 1380. The van der Waals surface area contributed by atoms with Crippen molar-refractivity contribution in [3.8, 4) is 11.3 Å². The summed E-state index contributed by atoms with van der Waals surface area (Å²) < 4.78 is 40.2. The normalized spacial score (nSPS) is 11.8. The van der Waals surface area contributed by atoms with Crippen LogP contribution in [0.5, 0.6) is 0 Å². The smallest absolute Gasteiger partial charge is 0.296 e. The summed E-state index contributed by atoms with van der Waals surface area (Å²) in [7, 11) is 0. The third-order valence-corrected chi connectivity index (χ3v) is 5.50. The van der Waals surface area contributed by atoms with Crippen LogP contribution in [-0.2, 0) is 6.18 Å². The van der Waals surface area contributed by atoms with Gasteiger partial charge < -0.3 is 0 Å². The maximum Gasteiger partial charge on any atom is 0.416 e. The van der Waals surface area contributed by atoms with Crippen LogP contribution in [0.1, 0.15) is 35.9 Å². The van der Waals surface area contributed by atoms with Crippen molar-refractivity contribution in [1.82, 2.24) is 14.8 Å². The van der Waals surface area contributed by atoms with Gasteiger partial charge in [0, 0.05) is 16.3 Å². The number of nitrogens with zero attached hydrogens (tertiary/aromatic N) is 3. The first-order valence-corrected chi connectivity index (χ1v) is 10.5. The summed E-state index contributed by atoms with van der Waals surface area (Å²) in [5.41, 5.74) is -0.423. The second kappa shape index (κ2) is 8.19. The maximum atomic E-state index is 13.0. The molecule has 0 fully saturated rings. The summed E-state index contributed by atoms with van der Waals surface area (Å²) in [6.45, 7) is 3.57. The van der Waals surface area contributed by atoms with E-state index in [4.69, 9.17) is 0 Å². The second-order valence-electron chi connectivity index (χ2n) is 7.31. The zero-order valence-corrected chi connectivity index (χ0v) is 17.8. The number of rotatable bonds is 4. The number of hydrogen-bond donors (Lipinski definition) is 1. The van der Waals surface area contributed by atoms with Crippen LogP contribution >= 0.6 is 11.3 Å². The van der Waals surface area contributed by atoms with Crippen LogP contribution in [0.2, 0.25) is 0 Å². The molecular formula is C22H17F3N4O2S. The van der Waals surface area contributed by atoms with Crippen LogP contribution in [-0.4, -0.2) is 20.7 Å². The molecule has 0 atom stereocenters. The molecule has 32 heavy (non-hydrogen) atoms. The van der Waals surface area contributed by atoms with Gasteiger partial charge in [0.05, 0.1) is 22.7 Å². The lowest BCUT2D eigenvalue weighted by Crippen LogP contribution is -2.28. The van der Waals surface area contributed by atoms with Crippen molar-refractivity contribution in [3.63, 3.8) is 0 Å². The third-order valence-electron chi connectivity index (χ3n) is 4.74. The molecule has 0 saturated carbocycles. The Hall–Kier alpha value is -3.53. The number of halogens is 3. The van der Waals surface area contributed by atoms with Crippen LogP contribution in [0.4, 0.5) is 18.3 Å². The minimum atomic E-state index is -4.46. The topological polar surface area (TPSA) is 76.9 Å². The van der Waals surface area contributed by atoms with Gasteiger partial charge in [0.15, 0.2) is 10.8 Å². The summed E-state index contributed by atoms with van der Waals surface area (Å²) >= 11 is 1.08.